The Kier molecular flexibility index (Phi) is 4.50. The summed E-state index contributed by atoms with van der Waals surface area (Å²) >= 11 is 0. The van der Waals surface area contributed by atoms with Gasteiger partial charge >= 0.3 is 6.61 Å². The molecular formula is C19H15F3N4O2. The second-order valence-corrected chi connectivity index (χ2v) is 6.39. The van der Waals surface area contributed by atoms with Gasteiger partial charge in [-0.2, -0.15) is 13.9 Å². The Labute approximate surface area is 158 Å². The van der Waals surface area contributed by atoms with Crippen LogP contribution in [0, 0.1) is 5.82 Å². The molecule has 2 aromatic heterocycles. The van der Waals surface area contributed by atoms with Crippen molar-refractivity contribution in [3.63, 3.8) is 0 Å². The van der Waals surface area contributed by atoms with E-state index in [2.05, 4.69) is 20.1 Å². The number of ether oxygens (including phenoxy) is 1. The highest BCUT2D eigenvalue weighted by Gasteiger charge is 2.52. The number of hydrogen-bond donors (Lipinski definition) is 1. The maximum atomic E-state index is 14.1. The van der Waals surface area contributed by atoms with E-state index in [-0.39, 0.29) is 17.6 Å². The van der Waals surface area contributed by atoms with E-state index in [1.807, 2.05) is 0 Å². The van der Waals surface area contributed by atoms with Crippen molar-refractivity contribution in [1.29, 1.82) is 0 Å². The molecule has 6 nitrogen and oxygen atoms in total. The molecule has 1 N–H and O–H groups in total. The van der Waals surface area contributed by atoms with Crippen LogP contribution in [0.15, 0.2) is 54.9 Å². The lowest BCUT2D eigenvalue weighted by Crippen LogP contribution is -2.29. The predicted octanol–water partition coefficient (Wildman–Crippen LogP) is 3.68. The van der Waals surface area contributed by atoms with Gasteiger partial charge in [0.25, 0.3) is 0 Å². The number of amides is 1. The highest BCUT2D eigenvalue weighted by atomic mass is 19.3. The fourth-order valence-electron chi connectivity index (χ4n) is 3.06. The molecule has 0 bridgehead atoms. The zero-order chi connectivity index (χ0) is 19.7. The van der Waals surface area contributed by atoms with E-state index in [0.29, 0.717) is 24.1 Å². The van der Waals surface area contributed by atoms with Crippen LogP contribution in [0.1, 0.15) is 18.4 Å². The maximum Gasteiger partial charge on any atom is 0.388 e. The summed E-state index contributed by atoms with van der Waals surface area (Å²) in [6.45, 7) is -2.98. The monoisotopic (exact) mass is 388 g/mol. The summed E-state index contributed by atoms with van der Waals surface area (Å²) < 4.78 is 44.4. The van der Waals surface area contributed by atoms with Gasteiger partial charge in [-0.1, -0.05) is 18.2 Å². The molecule has 0 aliphatic heterocycles. The molecule has 9 heteroatoms. The number of benzene rings is 1. The van der Waals surface area contributed by atoms with Gasteiger partial charge in [0.05, 0.1) is 11.1 Å². The van der Waals surface area contributed by atoms with Crippen LogP contribution >= 0.6 is 0 Å². The normalized spacial score (nSPS) is 14.7. The van der Waals surface area contributed by atoms with Crippen molar-refractivity contribution in [1.82, 2.24) is 14.8 Å². The lowest BCUT2D eigenvalue weighted by molar-refractivity contribution is -0.118. The summed E-state index contributed by atoms with van der Waals surface area (Å²) in [4.78, 5) is 16.4. The summed E-state index contributed by atoms with van der Waals surface area (Å²) in [5, 5.41) is 6.92. The molecule has 144 valence electrons. The quantitative estimate of drug-likeness (QED) is 0.700. The molecule has 1 fully saturated rings. The topological polar surface area (TPSA) is 69.0 Å². The van der Waals surface area contributed by atoms with Crippen molar-refractivity contribution in [2.24, 2.45) is 0 Å². The van der Waals surface area contributed by atoms with Crippen LogP contribution < -0.4 is 10.1 Å². The number of carbonyl (C=O) groups is 1. The molecule has 0 spiro atoms. The SMILES string of the molecule is O=C(Nc1ccn(-c2ccnc(OC(F)F)c2)n1)C1(c2ccccc2F)CC1. The molecule has 1 amide bonds. The zero-order valence-electron chi connectivity index (χ0n) is 14.5. The van der Waals surface area contributed by atoms with E-state index >= 15 is 0 Å². The Morgan fingerprint density at radius 1 is 1.21 bits per heavy atom. The van der Waals surface area contributed by atoms with E-state index in [4.69, 9.17) is 0 Å². The second kappa shape index (κ2) is 6.99. The van der Waals surface area contributed by atoms with Crippen molar-refractivity contribution in [3.8, 4) is 11.6 Å². The van der Waals surface area contributed by atoms with Crippen LogP contribution in [0.25, 0.3) is 5.69 Å². The first-order chi connectivity index (χ1) is 13.5. The summed E-state index contributed by atoms with van der Waals surface area (Å²) in [7, 11) is 0. The van der Waals surface area contributed by atoms with Crippen molar-refractivity contribution in [2.45, 2.75) is 24.9 Å². The number of rotatable bonds is 6. The van der Waals surface area contributed by atoms with Gasteiger partial charge in [0.2, 0.25) is 11.8 Å². The minimum atomic E-state index is -2.98. The van der Waals surface area contributed by atoms with Crippen molar-refractivity contribution >= 4 is 11.7 Å². The first kappa shape index (κ1) is 18.0. The van der Waals surface area contributed by atoms with Crippen molar-refractivity contribution in [2.75, 3.05) is 5.32 Å². The van der Waals surface area contributed by atoms with Crippen LogP contribution in [-0.2, 0) is 10.2 Å². The Hall–Kier alpha value is -3.36. The molecule has 2 heterocycles. The lowest BCUT2D eigenvalue weighted by Gasteiger charge is -2.15. The molecule has 1 aliphatic carbocycles. The minimum Gasteiger partial charge on any atom is -0.417 e. The second-order valence-electron chi connectivity index (χ2n) is 6.39. The van der Waals surface area contributed by atoms with E-state index in [9.17, 15) is 18.0 Å². The molecule has 1 saturated carbocycles. The Morgan fingerprint density at radius 2 is 2.00 bits per heavy atom. The average Bonchev–Trinajstić information content (AvgIpc) is 3.34. The number of aromatic nitrogens is 3. The number of halogens is 3. The van der Waals surface area contributed by atoms with E-state index < -0.39 is 17.8 Å². The number of hydrogen-bond acceptors (Lipinski definition) is 4. The van der Waals surface area contributed by atoms with Crippen LogP contribution in [0.4, 0.5) is 19.0 Å². The first-order valence-electron chi connectivity index (χ1n) is 8.51. The molecule has 28 heavy (non-hydrogen) atoms. The van der Waals surface area contributed by atoms with E-state index in [0.717, 1.165) is 0 Å². The number of nitrogens with one attached hydrogen (secondary N) is 1. The van der Waals surface area contributed by atoms with Crippen LogP contribution in [0.3, 0.4) is 0 Å². The van der Waals surface area contributed by atoms with Crippen LogP contribution in [-0.4, -0.2) is 27.3 Å². The smallest absolute Gasteiger partial charge is 0.388 e. The van der Waals surface area contributed by atoms with Crippen LogP contribution in [0.5, 0.6) is 5.88 Å². The molecule has 0 radical (unpaired) electrons. The summed E-state index contributed by atoms with van der Waals surface area (Å²) in [5.41, 5.74) is -0.0828. The molecule has 0 saturated heterocycles. The summed E-state index contributed by atoms with van der Waals surface area (Å²) in [5.74, 6) is -0.728. The van der Waals surface area contributed by atoms with Gasteiger partial charge < -0.3 is 10.1 Å². The average molecular weight is 388 g/mol. The van der Waals surface area contributed by atoms with E-state index in [1.54, 1.807) is 36.5 Å². The van der Waals surface area contributed by atoms with Gasteiger partial charge in [-0.05, 0) is 25.0 Å². The van der Waals surface area contributed by atoms with Gasteiger partial charge in [0.15, 0.2) is 5.82 Å². The molecule has 0 atom stereocenters. The predicted molar refractivity (Wildman–Crippen MR) is 93.9 cm³/mol. The highest BCUT2D eigenvalue weighted by Crippen LogP contribution is 2.49. The van der Waals surface area contributed by atoms with E-state index in [1.165, 1.54) is 23.0 Å². The minimum absolute atomic E-state index is 0.245. The summed E-state index contributed by atoms with van der Waals surface area (Å²) in [6, 6.07) is 10.6. The Balaban J connectivity index is 1.51. The van der Waals surface area contributed by atoms with Gasteiger partial charge in [-0.3, -0.25) is 4.79 Å². The van der Waals surface area contributed by atoms with Gasteiger partial charge in [0.1, 0.15) is 5.82 Å². The Bertz CT molecular complexity index is 1020. The first-order valence-corrected chi connectivity index (χ1v) is 8.51. The third kappa shape index (κ3) is 3.42. The highest BCUT2D eigenvalue weighted by molar-refractivity contribution is 6.00. The maximum absolute atomic E-state index is 14.1. The molecule has 3 aromatic rings. The van der Waals surface area contributed by atoms with Crippen molar-refractivity contribution < 1.29 is 22.7 Å². The number of pyridine rings is 1. The fourth-order valence-corrected chi connectivity index (χ4v) is 3.06. The standard InChI is InChI=1S/C19H15F3N4O2/c20-14-4-2-1-3-13(14)19(7-8-19)17(27)24-15-6-10-26(25-15)12-5-9-23-16(11-12)28-18(21)22/h1-6,9-11,18H,7-8H2,(H,24,25,27). The number of alkyl halides is 2. The number of carbonyl (C=O) groups excluding carboxylic acids is 1. The zero-order valence-corrected chi connectivity index (χ0v) is 14.5. The lowest BCUT2D eigenvalue weighted by atomic mass is 9.94. The molecular weight excluding hydrogens is 373 g/mol. The van der Waals surface area contributed by atoms with Crippen LogP contribution in [0.2, 0.25) is 0 Å². The number of nitrogens with zero attached hydrogens (tertiary/aromatic N) is 3. The van der Waals surface area contributed by atoms with Gasteiger partial charge in [-0.25, -0.2) is 14.1 Å². The van der Waals surface area contributed by atoms with Crippen molar-refractivity contribution in [3.05, 3.63) is 66.2 Å². The molecule has 4 rings (SSSR count). The third-order valence-corrected chi connectivity index (χ3v) is 4.60. The largest absolute Gasteiger partial charge is 0.417 e. The third-order valence-electron chi connectivity index (χ3n) is 4.60. The summed E-state index contributed by atoms with van der Waals surface area (Å²) in [6.07, 6.45) is 3.97. The number of anilines is 1. The molecule has 1 aromatic carbocycles. The van der Waals surface area contributed by atoms with Gasteiger partial charge in [-0.15, -0.1) is 0 Å². The fraction of sp³-hybridized carbons (Fsp3) is 0.211. The molecule has 0 unspecified atom stereocenters. The van der Waals surface area contributed by atoms with Gasteiger partial charge in [0, 0.05) is 30.1 Å². The Morgan fingerprint density at radius 3 is 2.71 bits per heavy atom. The molecule has 1 aliphatic rings.